The molecule has 1 saturated carbocycles. The Bertz CT molecular complexity index is 311. The molecule has 1 nitrogen and oxygen atoms in total. The molecule has 0 radical (unpaired) electrons. The molecule has 1 aliphatic rings. The van der Waals surface area contributed by atoms with Crippen molar-refractivity contribution in [2.24, 2.45) is 5.92 Å². The molecule has 1 fully saturated rings. The number of rotatable bonds is 4. The largest absolute Gasteiger partial charge is 0.317 e. The normalized spacial score (nSPS) is 25.0. The Kier molecular flexibility index (Phi) is 2.82. The Morgan fingerprint density at radius 2 is 2.36 bits per heavy atom. The van der Waals surface area contributed by atoms with E-state index in [-0.39, 0.29) is 5.82 Å². The van der Waals surface area contributed by atoms with Crippen LogP contribution in [-0.2, 0) is 0 Å². The Labute approximate surface area is 84.3 Å². The first-order chi connectivity index (χ1) is 6.81. The Balaban J connectivity index is 1.92. The number of halogens is 1. The second kappa shape index (κ2) is 4.09. The number of nitrogens with one attached hydrogen (secondary N) is 1. The van der Waals surface area contributed by atoms with Crippen LogP contribution in [0.2, 0.25) is 0 Å². The summed E-state index contributed by atoms with van der Waals surface area (Å²) < 4.78 is 12.9. The molecule has 0 bridgehead atoms. The highest BCUT2D eigenvalue weighted by molar-refractivity contribution is 5.26. The number of benzene rings is 1. The monoisotopic (exact) mass is 193 g/mol. The van der Waals surface area contributed by atoms with Crippen LogP contribution >= 0.6 is 0 Å². The van der Waals surface area contributed by atoms with Gasteiger partial charge in [-0.25, -0.2) is 4.39 Å². The van der Waals surface area contributed by atoms with Gasteiger partial charge >= 0.3 is 0 Å². The smallest absolute Gasteiger partial charge is 0.123 e. The van der Waals surface area contributed by atoms with Crippen molar-refractivity contribution in [3.8, 4) is 0 Å². The van der Waals surface area contributed by atoms with E-state index in [4.69, 9.17) is 0 Å². The summed E-state index contributed by atoms with van der Waals surface area (Å²) in [6.45, 7) is 4.20. The van der Waals surface area contributed by atoms with E-state index in [0.29, 0.717) is 5.92 Å². The summed E-state index contributed by atoms with van der Waals surface area (Å²) in [7, 11) is 0. The minimum Gasteiger partial charge on any atom is -0.317 e. The molecule has 2 unspecified atom stereocenters. The van der Waals surface area contributed by atoms with Gasteiger partial charge in [0.15, 0.2) is 0 Å². The Morgan fingerprint density at radius 3 is 3.07 bits per heavy atom. The van der Waals surface area contributed by atoms with Crippen LogP contribution in [0.3, 0.4) is 0 Å². The maximum Gasteiger partial charge on any atom is 0.123 e. The van der Waals surface area contributed by atoms with Gasteiger partial charge in [-0.3, -0.25) is 0 Å². The zero-order chi connectivity index (χ0) is 9.97. The lowest BCUT2D eigenvalue weighted by atomic mass is 10.1. The van der Waals surface area contributed by atoms with Gasteiger partial charge < -0.3 is 5.32 Å². The zero-order valence-corrected chi connectivity index (χ0v) is 8.46. The highest BCUT2D eigenvalue weighted by Crippen LogP contribution is 2.46. The van der Waals surface area contributed by atoms with Crippen LogP contribution in [-0.4, -0.2) is 13.1 Å². The first-order valence-electron chi connectivity index (χ1n) is 5.27. The van der Waals surface area contributed by atoms with Gasteiger partial charge in [0, 0.05) is 0 Å². The van der Waals surface area contributed by atoms with Crippen LogP contribution in [0, 0.1) is 11.7 Å². The summed E-state index contributed by atoms with van der Waals surface area (Å²) in [4.78, 5) is 0. The van der Waals surface area contributed by atoms with Gasteiger partial charge in [0.05, 0.1) is 0 Å². The van der Waals surface area contributed by atoms with Gasteiger partial charge in [0.1, 0.15) is 5.82 Å². The second-order valence-electron chi connectivity index (χ2n) is 3.96. The van der Waals surface area contributed by atoms with E-state index in [1.165, 1.54) is 12.5 Å². The predicted molar refractivity (Wildman–Crippen MR) is 55.8 cm³/mol. The lowest BCUT2D eigenvalue weighted by Gasteiger charge is -2.01. The third-order valence-electron chi connectivity index (χ3n) is 2.86. The van der Waals surface area contributed by atoms with Crippen LogP contribution in [0.25, 0.3) is 0 Å². The molecule has 0 saturated heterocycles. The molecular formula is C12H16FN. The minimum atomic E-state index is -0.114. The maximum atomic E-state index is 12.9. The summed E-state index contributed by atoms with van der Waals surface area (Å²) in [5, 5.41) is 3.33. The molecule has 0 heterocycles. The van der Waals surface area contributed by atoms with Crippen molar-refractivity contribution in [1.82, 2.24) is 5.32 Å². The average Bonchev–Trinajstić information content (AvgIpc) is 2.94. The fourth-order valence-electron chi connectivity index (χ4n) is 1.95. The molecule has 2 heteroatoms. The van der Waals surface area contributed by atoms with E-state index in [2.05, 4.69) is 12.2 Å². The van der Waals surface area contributed by atoms with Gasteiger partial charge in [-0.15, -0.1) is 0 Å². The van der Waals surface area contributed by atoms with E-state index >= 15 is 0 Å². The molecule has 0 aromatic heterocycles. The summed E-state index contributed by atoms with van der Waals surface area (Å²) in [6.07, 6.45) is 1.20. The van der Waals surface area contributed by atoms with Crippen molar-refractivity contribution in [2.75, 3.05) is 13.1 Å². The van der Waals surface area contributed by atoms with Gasteiger partial charge in [-0.2, -0.15) is 0 Å². The fraction of sp³-hybridized carbons (Fsp3) is 0.500. The van der Waals surface area contributed by atoms with Gasteiger partial charge in [0.25, 0.3) is 0 Å². The lowest BCUT2D eigenvalue weighted by Crippen LogP contribution is -2.16. The SMILES string of the molecule is CCNCC1CC1c1cccc(F)c1. The van der Waals surface area contributed by atoms with Crippen molar-refractivity contribution in [2.45, 2.75) is 19.3 Å². The lowest BCUT2D eigenvalue weighted by molar-refractivity contribution is 0.621. The van der Waals surface area contributed by atoms with Gasteiger partial charge in [-0.05, 0) is 49.0 Å². The highest BCUT2D eigenvalue weighted by Gasteiger charge is 2.37. The highest BCUT2D eigenvalue weighted by atomic mass is 19.1. The van der Waals surface area contributed by atoms with Crippen molar-refractivity contribution < 1.29 is 4.39 Å². The van der Waals surface area contributed by atoms with Crippen LogP contribution < -0.4 is 5.32 Å². The average molecular weight is 193 g/mol. The summed E-state index contributed by atoms with van der Waals surface area (Å²) in [5.41, 5.74) is 1.16. The number of hydrogen-bond acceptors (Lipinski definition) is 1. The predicted octanol–water partition coefficient (Wildman–Crippen LogP) is 2.54. The second-order valence-corrected chi connectivity index (χ2v) is 3.96. The molecule has 1 aromatic rings. The third-order valence-corrected chi connectivity index (χ3v) is 2.86. The van der Waals surface area contributed by atoms with Crippen molar-refractivity contribution in [3.63, 3.8) is 0 Å². The molecule has 2 rings (SSSR count). The van der Waals surface area contributed by atoms with E-state index in [1.807, 2.05) is 6.07 Å². The fourth-order valence-corrected chi connectivity index (χ4v) is 1.95. The molecule has 76 valence electrons. The number of hydrogen-bond donors (Lipinski definition) is 1. The van der Waals surface area contributed by atoms with Crippen LogP contribution in [0.15, 0.2) is 24.3 Å². The molecule has 14 heavy (non-hydrogen) atoms. The summed E-state index contributed by atoms with van der Waals surface area (Å²) in [6, 6.07) is 6.99. The molecule has 1 N–H and O–H groups in total. The molecule has 1 aliphatic carbocycles. The topological polar surface area (TPSA) is 12.0 Å². The molecule has 0 amide bonds. The van der Waals surface area contributed by atoms with Crippen molar-refractivity contribution in [1.29, 1.82) is 0 Å². The minimum absolute atomic E-state index is 0.114. The quantitative estimate of drug-likeness (QED) is 0.774. The van der Waals surface area contributed by atoms with E-state index in [0.717, 1.165) is 24.6 Å². The summed E-state index contributed by atoms with van der Waals surface area (Å²) >= 11 is 0. The molecule has 2 atom stereocenters. The van der Waals surface area contributed by atoms with E-state index in [9.17, 15) is 4.39 Å². The molecule has 1 aromatic carbocycles. The third kappa shape index (κ3) is 2.13. The zero-order valence-electron chi connectivity index (χ0n) is 8.46. The Hall–Kier alpha value is -0.890. The first kappa shape index (κ1) is 9.66. The molecular weight excluding hydrogens is 177 g/mol. The Morgan fingerprint density at radius 1 is 1.50 bits per heavy atom. The maximum absolute atomic E-state index is 12.9. The molecule has 0 aliphatic heterocycles. The van der Waals surface area contributed by atoms with Crippen molar-refractivity contribution >= 4 is 0 Å². The molecule has 0 spiro atoms. The van der Waals surface area contributed by atoms with Gasteiger partial charge in [-0.1, -0.05) is 19.1 Å². The van der Waals surface area contributed by atoms with Crippen molar-refractivity contribution in [3.05, 3.63) is 35.6 Å². The van der Waals surface area contributed by atoms with E-state index < -0.39 is 0 Å². The van der Waals surface area contributed by atoms with Crippen LogP contribution in [0.5, 0.6) is 0 Å². The first-order valence-corrected chi connectivity index (χ1v) is 5.27. The van der Waals surface area contributed by atoms with Crippen LogP contribution in [0.4, 0.5) is 4.39 Å². The van der Waals surface area contributed by atoms with Crippen LogP contribution in [0.1, 0.15) is 24.8 Å². The van der Waals surface area contributed by atoms with Gasteiger partial charge in [0.2, 0.25) is 0 Å². The standard InChI is InChI=1S/C12H16FN/c1-2-14-8-10-7-12(10)9-4-3-5-11(13)6-9/h3-6,10,12,14H,2,7-8H2,1H3. The van der Waals surface area contributed by atoms with E-state index in [1.54, 1.807) is 12.1 Å². The summed E-state index contributed by atoms with van der Waals surface area (Å²) in [5.74, 6) is 1.19.